The molecule has 1 rings (SSSR count). The van der Waals surface area contributed by atoms with Gasteiger partial charge in [0.2, 0.25) is 0 Å². The van der Waals surface area contributed by atoms with Crippen molar-refractivity contribution in [1.29, 1.82) is 0 Å². The zero-order chi connectivity index (χ0) is 11.6. The molecule has 0 radical (unpaired) electrons. The van der Waals surface area contributed by atoms with Crippen molar-refractivity contribution in [1.82, 2.24) is 5.06 Å². The molecule has 5 nitrogen and oxygen atoms in total. The first-order chi connectivity index (χ1) is 6.83. The van der Waals surface area contributed by atoms with Crippen LogP contribution in [-0.2, 0) is 9.57 Å². The third kappa shape index (κ3) is 3.62. The lowest BCUT2D eigenvalue weighted by molar-refractivity contribution is -0.136. The first-order valence-electron chi connectivity index (χ1n) is 4.86. The molecule has 88 valence electrons. The Kier molecular flexibility index (Phi) is 3.97. The number of ether oxygens (including phenoxy) is 1. The van der Waals surface area contributed by atoms with Gasteiger partial charge in [0.1, 0.15) is 16.7 Å². The molecule has 15 heavy (non-hydrogen) atoms. The molecular formula is C9H17BrN2O3. The quantitative estimate of drug-likeness (QED) is 0.586. The predicted molar refractivity (Wildman–Crippen MR) is 59.3 cm³/mol. The lowest BCUT2D eigenvalue weighted by atomic mass is 10.2. The summed E-state index contributed by atoms with van der Waals surface area (Å²) in [6.45, 7) is 5.82. The van der Waals surface area contributed by atoms with Gasteiger partial charge in [-0.2, -0.15) is 5.06 Å². The fourth-order valence-electron chi connectivity index (χ4n) is 1.19. The average Bonchev–Trinajstić information content (AvgIpc) is 2.43. The standard InChI is InChI=1S/C9H17BrN2O3/c1-9(2,3)14-8(13)12-7(10)4-6(5-11)15-12/h6-7H,4-5,11H2,1-3H3. The number of alkyl halides is 1. The van der Waals surface area contributed by atoms with Gasteiger partial charge in [0, 0.05) is 13.0 Å². The van der Waals surface area contributed by atoms with Crippen LogP contribution in [0.5, 0.6) is 0 Å². The fraction of sp³-hybridized carbons (Fsp3) is 0.889. The summed E-state index contributed by atoms with van der Waals surface area (Å²) < 4.78 is 5.18. The van der Waals surface area contributed by atoms with Crippen molar-refractivity contribution in [2.45, 2.75) is 43.8 Å². The van der Waals surface area contributed by atoms with Crippen LogP contribution in [0.3, 0.4) is 0 Å². The van der Waals surface area contributed by atoms with Crippen molar-refractivity contribution in [2.24, 2.45) is 5.73 Å². The van der Waals surface area contributed by atoms with Gasteiger partial charge in [0.25, 0.3) is 0 Å². The van der Waals surface area contributed by atoms with Gasteiger partial charge in [-0.25, -0.2) is 4.79 Å². The van der Waals surface area contributed by atoms with E-state index in [1.165, 1.54) is 5.06 Å². The molecular weight excluding hydrogens is 264 g/mol. The molecule has 2 atom stereocenters. The summed E-state index contributed by atoms with van der Waals surface area (Å²) in [5, 5.41) is 1.20. The van der Waals surface area contributed by atoms with E-state index in [4.69, 9.17) is 15.3 Å². The summed E-state index contributed by atoms with van der Waals surface area (Å²) in [6.07, 6.45) is 0.0673. The van der Waals surface area contributed by atoms with E-state index in [1.54, 1.807) is 0 Å². The van der Waals surface area contributed by atoms with Gasteiger partial charge in [-0.05, 0) is 20.8 Å². The number of hydroxylamine groups is 2. The van der Waals surface area contributed by atoms with Gasteiger partial charge < -0.3 is 10.5 Å². The molecule has 0 bridgehead atoms. The van der Waals surface area contributed by atoms with E-state index in [0.717, 1.165) is 0 Å². The highest BCUT2D eigenvalue weighted by atomic mass is 79.9. The maximum Gasteiger partial charge on any atom is 0.435 e. The number of amides is 1. The summed E-state index contributed by atoms with van der Waals surface area (Å²) in [7, 11) is 0. The van der Waals surface area contributed by atoms with Crippen molar-refractivity contribution >= 4 is 22.0 Å². The van der Waals surface area contributed by atoms with E-state index in [9.17, 15) is 4.79 Å². The first kappa shape index (κ1) is 12.7. The molecule has 0 aromatic carbocycles. The fourth-order valence-corrected chi connectivity index (χ4v) is 1.87. The maximum absolute atomic E-state index is 11.6. The van der Waals surface area contributed by atoms with Crippen LogP contribution in [0.15, 0.2) is 0 Å². The smallest absolute Gasteiger partial charge is 0.435 e. The van der Waals surface area contributed by atoms with E-state index in [-0.39, 0.29) is 11.1 Å². The number of halogens is 1. The molecule has 0 spiro atoms. The van der Waals surface area contributed by atoms with Crippen LogP contribution < -0.4 is 5.73 Å². The molecule has 1 saturated heterocycles. The molecule has 2 N–H and O–H groups in total. The van der Waals surface area contributed by atoms with Gasteiger partial charge >= 0.3 is 6.09 Å². The molecule has 0 aliphatic carbocycles. The van der Waals surface area contributed by atoms with Gasteiger partial charge in [0.05, 0.1) is 0 Å². The van der Waals surface area contributed by atoms with Crippen molar-refractivity contribution < 1.29 is 14.4 Å². The van der Waals surface area contributed by atoms with Crippen molar-refractivity contribution in [3.63, 3.8) is 0 Å². The summed E-state index contributed by atoms with van der Waals surface area (Å²) in [5.41, 5.74) is 4.94. The summed E-state index contributed by atoms with van der Waals surface area (Å²) in [4.78, 5) is 16.8. The van der Waals surface area contributed by atoms with Crippen LogP contribution >= 0.6 is 15.9 Å². The molecule has 1 amide bonds. The summed E-state index contributed by atoms with van der Waals surface area (Å²) in [6, 6.07) is 0. The monoisotopic (exact) mass is 280 g/mol. The number of nitrogens with zero attached hydrogens (tertiary/aromatic N) is 1. The SMILES string of the molecule is CC(C)(C)OC(=O)N1OC(CN)CC1Br. The third-order valence-electron chi connectivity index (χ3n) is 1.81. The molecule has 0 aromatic heterocycles. The Morgan fingerprint density at radius 2 is 2.27 bits per heavy atom. The van der Waals surface area contributed by atoms with Crippen molar-refractivity contribution in [3.8, 4) is 0 Å². The molecule has 0 saturated carbocycles. The number of carbonyl (C=O) groups excluding carboxylic acids is 1. The molecule has 0 aromatic rings. The van der Waals surface area contributed by atoms with Crippen LogP contribution in [0.25, 0.3) is 0 Å². The molecule has 6 heteroatoms. The van der Waals surface area contributed by atoms with Crippen LogP contribution in [-0.4, -0.2) is 34.4 Å². The summed E-state index contributed by atoms with van der Waals surface area (Å²) >= 11 is 3.34. The topological polar surface area (TPSA) is 64.8 Å². The van der Waals surface area contributed by atoms with Crippen LogP contribution in [0.1, 0.15) is 27.2 Å². The van der Waals surface area contributed by atoms with E-state index in [2.05, 4.69) is 15.9 Å². The lowest BCUT2D eigenvalue weighted by Gasteiger charge is -2.25. The van der Waals surface area contributed by atoms with Crippen LogP contribution in [0.2, 0.25) is 0 Å². The minimum Gasteiger partial charge on any atom is -0.442 e. The van der Waals surface area contributed by atoms with Gasteiger partial charge in [-0.3, -0.25) is 4.84 Å². The minimum absolute atomic E-state index is 0.123. The third-order valence-corrected chi connectivity index (χ3v) is 2.56. The highest BCUT2D eigenvalue weighted by Gasteiger charge is 2.37. The number of carbonyl (C=O) groups is 1. The zero-order valence-corrected chi connectivity index (χ0v) is 10.8. The Hall–Kier alpha value is -0.330. The average molecular weight is 281 g/mol. The molecule has 2 unspecified atom stereocenters. The Balaban J connectivity index is 2.54. The number of hydrogen-bond acceptors (Lipinski definition) is 4. The van der Waals surface area contributed by atoms with E-state index in [1.807, 2.05) is 20.8 Å². The number of hydrogen-bond donors (Lipinski definition) is 1. The lowest BCUT2D eigenvalue weighted by Crippen LogP contribution is -2.37. The highest BCUT2D eigenvalue weighted by Crippen LogP contribution is 2.26. The molecule has 1 aliphatic rings. The summed E-state index contributed by atoms with van der Waals surface area (Å²) in [5.74, 6) is 0. The minimum atomic E-state index is -0.520. The van der Waals surface area contributed by atoms with Crippen LogP contribution in [0, 0.1) is 0 Å². The van der Waals surface area contributed by atoms with Gasteiger partial charge in [-0.1, -0.05) is 15.9 Å². The van der Waals surface area contributed by atoms with E-state index >= 15 is 0 Å². The Labute approximate surface area is 98.0 Å². The molecule has 1 heterocycles. The van der Waals surface area contributed by atoms with Crippen molar-refractivity contribution in [3.05, 3.63) is 0 Å². The molecule has 1 aliphatic heterocycles. The van der Waals surface area contributed by atoms with Gasteiger partial charge in [0.15, 0.2) is 0 Å². The first-order valence-corrected chi connectivity index (χ1v) is 5.78. The second kappa shape index (κ2) is 4.67. The van der Waals surface area contributed by atoms with Crippen LogP contribution in [0.4, 0.5) is 4.79 Å². The second-order valence-electron chi connectivity index (χ2n) is 4.44. The second-order valence-corrected chi connectivity index (χ2v) is 5.50. The molecule has 1 fully saturated rings. The number of rotatable bonds is 1. The highest BCUT2D eigenvalue weighted by molar-refractivity contribution is 9.09. The maximum atomic E-state index is 11.6. The normalized spacial score (nSPS) is 26.9. The zero-order valence-electron chi connectivity index (χ0n) is 9.20. The van der Waals surface area contributed by atoms with Gasteiger partial charge in [-0.15, -0.1) is 0 Å². The largest absolute Gasteiger partial charge is 0.442 e. The van der Waals surface area contributed by atoms with E-state index < -0.39 is 11.7 Å². The van der Waals surface area contributed by atoms with Crippen molar-refractivity contribution in [2.75, 3.05) is 6.54 Å². The Bertz CT molecular complexity index is 242. The number of nitrogens with two attached hydrogens (primary N) is 1. The Morgan fingerprint density at radius 3 is 2.67 bits per heavy atom. The Morgan fingerprint density at radius 1 is 1.67 bits per heavy atom. The predicted octanol–water partition coefficient (Wildman–Crippen LogP) is 1.61. The van der Waals surface area contributed by atoms with E-state index in [0.29, 0.717) is 13.0 Å².